The molecule has 0 saturated carbocycles. The molecule has 0 radical (unpaired) electrons. The standard InChI is InChI=1S/C16H18N2O3S2/c1-3-13-6-9-16(22-13)23(20,21)17-12-5-7-14-11(10-12)4-8-15(19)18(14)2/h5-7,9-10,17H,3-4,8H2,1-2H3. The molecule has 1 aliphatic heterocycles. The number of benzene rings is 1. The van der Waals surface area contributed by atoms with Crippen molar-refractivity contribution in [3.05, 3.63) is 40.8 Å². The van der Waals surface area contributed by atoms with Gasteiger partial charge in [-0.25, -0.2) is 8.42 Å². The fourth-order valence-corrected chi connectivity index (χ4v) is 4.96. The second kappa shape index (κ2) is 5.98. The number of sulfonamides is 1. The Morgan fingerprint density at radius 1 is 1.22 bits per heavy atom. The number of amides is 1. The maximum atomic E-state index is 12.5. The van der Waals surface area contributed by atoms with Crippen molar-refractivity contribution in [1.82, 2.24) is 0 Å². The molecule has 0 unspecified atom stereocenters. The molecule has 0 bridgehead atoms. The van der Waals surface area contributed by atoms with Gasteiger partial charge in [-0.15, -0.1) is 11.3 Å². The van der Waals surface area contributed by atoms with Crippen molar-refractivity contribution in [2.75, 3.05) is 16.7 Å². The summed E-state index contributed by atoms with van der Waals surface area (Å²) in [5.41, 5.74) is 2.35. The van der Waals surface area contributed by atoms with E-state index in [1.807, 2.05) is 19.1 Å². The Balaban J connectivity index is 1.87. The van der Waals surface area contributed by atoms with E-state index in [9.17, 15) is 13.2 Å². The maximum absolute atomic E-state index is 12.5. The van der Waals surface area contributed by atoms with Crippen LogP contribution in [0.1, 0.15) is 23.8 Å². The first-order chi connectivity index (χ1) is 10.9. The predicted octanol–water partition coefficient (Wildman–Crippen LogP) is 3.02. The molecule has 7 heteroatoms. The van der Waals surface area contributed by atoms with Gasteiger partial charge in [0.25, 0.3) is 10.0 Å². The first kappa shape index (κ1) is 16.0. The van der Waals surface area contributed by atoms with Gasteiger partial charge in [0, 0.05) is 29.7 Å². The Bertz CT molecular complexity index is 856. The summed E-state index contributed by atoms with van der Waals surface area (Å²) in [4.78, 5) is 14.4. The summed E-state index contributed by atoms with van der Waals surface area (Å²) in [6, 6.07) is 8.77. The van der Waals surface area contributed by atoms with Crippen LogP contribution in [-0.2, 0) is 27.7 Å². The summed E-state index contributed by atoms with van der Waals surface area (Å²) >= 11 is 1.29. The number of anilines is 2. The van der Waals surface area contributed by atoms with Crippen LogP contribution >= 0.6 is 11.3 Å². The molecule has 0 aliphatic carbocycles. The van der Waals surface area contributed by atoms with Gasteiger partial charge in [-0.1, -0.05) is 6.92 Å². The molecule has 1 aromatic carbocycles. The van der Waals surface area contributed by atoms with E-state index in [0.29, 0.717) is 22.7 Å². The first-order valence-corrected chi connectivity index (χ1v) is 9.71. The molecule has 1 N–H and O–H groups in total. The van der Waals surface area contributed by atoms with Crippen LogP contribution in [0.5, 0.6) is 0 Å². The van der Waals surface area contributed by atoms with E-state index >= 15 is 0 Å². The monoisotopic (exact) mass is 350 g/mol. The van der Waals surface area contributed by atoms with Crippen LogP contribution in [0.15, 0.2) is 34.5 Å². The molecule has 1 amide bonds. The van der Waals surface area contributed by atoms with Gasteiger partial charge in [0.05, 0.1) is 0 Å². The molecular formula is C16H18N2O3S2. The van der Waals surface area contributed by atoms with Gasteiger partial charge in [-0.3, -0.25) is 9.52 Å². The number of fused-ring (bicyclic) bond motifs is 1. The molecule has 1 aliphatic rings. The lowest BCUT2D eigenvalue weighted by atomic mass is 10.0. The smallest absolute Gasteiger partial charge is 0.271 e. The van der Waals surface area contributed by atoms with Gasteiger partial charge >= 0.3 is 0 Å². The molecule has 2 heterocycles. The van der Waals surface area contributed by atoms with Gasteiger partial charge in [0.2, 0.25) is 5.91 Å². The quantitative estimate of drug-likeness (QED) is 0.922. The van der Waals surface area contributed by atoms with Crippen molar-refractivity contribution in [2.45, 2.75) is 30.4 Å². The highest BCUT2D eigenvalue weighted by atomic mass is 32.2. The summed E-state index contributed by atoms with van der Waals surface area (Å²) in [6.45, 7) is 2.00. The van der Waals surface area contributed by atoms with E-state index in [-0.39, 0.29) is 5.91 Å². The Kier molecular flexibility index (Phi) is 4.16. The van der Waals surface area contributed by atoms with Crippen molar-refractivity contribution < 1.29 is 13.2 Å². The fraction of sp³-hybridized carbons (Fsp3) is 0.312. The normalized spacial score (nSPS) is 14.7. The molecule has 0 fully saturated rings. The minimum absolute atomic E-state index is 0.0801. The molecule has 0 spiro atoms. The number of nitrogens with one attached hydrogen (secondary N) is 1. The molecule has 23 heavy (non-hydrogen) atoms. The lowest BCUT2D eigenvalue weighted by Crippen LogP contribution is -2.31. The van der Waals surface area contributed by atoms with Gasteiger partial charge in [-0.05, 0) is 48.7 Å². The van der Waals surface area contributed by atoms with Crippen LogP contribution in [0, 0.1) is 0 Å². The molecule has 0 saturated heterocycles. The number of carbonyl (C=O) groups is 1. The van der Waals surface area contributed by atoms with E-state index in [1.165, 1.54) is 11.3 Å². The third kappa shape index (κ3) is 3.11. The maximum Gasteiger partial charge on any atom is 0.271 e. The number of aryl methyl sites for hydroxylation is 2. The topological polar surface area (TPSA) is 66.5 Å². The molecular weight excluding hydrogens is 332 g/mol. The Morgan fingerprint density at radius 3 is 2.70 bits per heavy atom. The average molecular weight is 350 g/mol. The second-order valence-corrected chi connectivity index (χ2v) is 8.55. The fourth-order valence-electron chi connectivity index (χ4n) is 2.62. The average Bonchev–Trinajstić information content (AvgIpc) is 3.01. The molecule has 3 rings (SSSR count). The number of hydrogen-bond donors (Lipinski definition) is 1. The van der Waals surface area contributed by atoms with E-state index in [2.05, 4.69) is 4.72 Å². The zero-order valence-electron chi connectivity index (χ0n) is 13.0. The minimum atomic E-state index is -3.57. The SMILES string of the molecule is CCc1ccc(S(=O)(=O)Nc2ccc3c(c2)CCC(=O)N3C)s1. The Labute approximate surface area is 140 Å². The summed E-state index contributed by atoms with van der Waals surface area (Å²) in [7, 11) is -1.83. The van der Waals surface area contributed by atoms with Crippen LogP contribution in [0.2, 0.25) is 0 Å². The van der Waals surface area contributed by atoms with E-state index in [0.717, 1.165) is 22.5 Å². The van der Waals surface area contributed by atoms with Crippen molar-refractivity contribution in [1.29, 1.82) is 0 Å². The van der Waals surface area contributed by atoms with Crippen molar-refractivity contribution in [2.24, 2.45) is 0 Å². The lowest BCUT2D eigenvalue weighted by Gasteiger charge is -2.26. The van der Waals surface area contributed by atoms with Crippen LogP contribution in [0.4, 0.5) is 11.4 Å². The minimum Gasteiger partial charge on any atom is -0.315 e. The number of hydrogen-bond acceptors (Lipinski definition) is 4. The van der Waals surface area contributed by atoms with Crippen molar-refractivity contribution in [3.8, 4) is 0 Å². The van der Waals surface area contributed by atoms with Crippen LogP contribution < -0.4 is 9.62 Å². The number of thiophene rings is 1. The third-order valence-corrected chi connectivity index (χ3v) is 7.03. The van der Waals surface area contributed by atoms with E-state index < -0.39 is 10.0 Å². The Morgan fingerprint density at radius 2 is 2.00 bits per heavy atom. The van der Waals surface area contributed by atoms with Gasteiger partial charge in [-0.2, -0.15) is 0 Å². The summed E-state index contributed by atoms with van der Waals surface area (Å²) < 4.78 is 27.8. The molecule has 1 aromatic heterocycles. The van der Waals surface area contributed by atoms with Gasteiger partial charge in [0.15, 0.2) is 0 Å². The lowest BCUT2D eigenvalue weighted by molar-refractivity contribution is -0.118. The van der Waals surface area contributed by atoms with Crippen LogP contribution in [0.3, 0.4) is 0 Å². The number of rotatable bonds is 4. The number of nitrogens with zero attached hydrogens (tertiary/aromatic N) is 1. The second-order valence-electron chi connectivity index (χ2n) is 5.48. The molecule has 2 aromatic rings. The van der Waals surface area contributed by atoms with Gasteiger partial charge in [0.1, 0.15) is 4.21 Å². The number of carbonyl (C=O) groups excluding carboxylic acids is 1. The molecule has 122 valence electrons. The zero-order valence-corrected chi connectivity index (χ0v) is 14.6. The highest BCUT2D eigenvalue weighted by molar-refractivity contribution is 7.94. The largest absolute Gasteiger partial charge is 0.315 e. The van der Waals surface area contributed by atoms with E-state index in [1.54, 1.807) is 30.1 Å². The van der Waals surface area contributed by atoms with Gasteiger partial charge < -0.3 is 4.90 Å². The van der Waals surface area contributed by atoms with E-state index in [4.69, 9.17) is 0 Å². The highest BCUT2D eigenvalue weighted by Crippen LogP contribution is 2.31. The summed E-state index contributed by atoms with van der Waals surface area (Å²) in [5, 5.41) is 0. The zero-order chi connectivity index (χ0) is 16.6. The first-order valence-electron chi connectivity index (χ1n) is 7.41. The highest BCUT2D eigenvalue weighted by Gasteiger charge is 2.22. The van der Waals surface area contributed by atoms with Crippen molar-refractivity contribution in [3.63, 3.8) is 0 Å². The molecule has 5 nitrogen and oxygen atoms in total. The summed E-state index contributed by atoms with van der Waals surface area (Å²) in [5.74, 6) is 0.0801. The van der Waals surface area contributed by atoms with Crippen molar-refractivity contribution >= 4 is 38.6 Å². The van der Waals surface area contributed by atoms with Crippen LogP contribution in [-0.4, -0.2) is 21.4 Å². The van der Waals surface area contributed by atoms with Crippen LogP contribution in [0.25, 0.3) is 0 Å². The Hall–Kier alpha value is -1.86. The molecule has 0 atom stereocenters. The summed E-state index contributed by atoms with van der Waals surface area (Å²) in [6.07, 6.45) is 1.90. The predicted molar refractivity (Wildman–Crippen MR) is 92.7 cm³/mol. The third-order valence-electron chi connectivity index (χ3n) is 3.93.